The van der Waals surface area contributed by atoms with Crippen LogP contribution in [0.3, 0.4) is 0 Å². The molecule has 0 unspecified atom stereocenters. The minimum Gasteiger partial charge on any atom is -0.372 e. The van der Waals surface area contributed by atoms with Gasteiger partial charge in [-0.3, -0.25) is 9.98 Å². The van der Waals surface area contributed by atoms with E-state index in [1.165, 1.54) is 11.3 Å². The smallest absolute Gasteiger partial charge is 0.0668 e. The third-order valence-corrected chi connectivity index (χ3v) is 5.21. The van der Waals surface area contributed by atoms with Crippen molar-refractivity contribution < 1.29 is 0 Å². The van der Waals surface area contributed by atoms with Crippen molar-refractivity contribution in [2.24, 2.45) is 4.99 Å². The minimum absolute atomic E-state index is 0. The highest BCUT2D eigenvalue weighted by Crippen LogP contribution is 2.27. The summed E-state index contributed by atoms with van der Waals surface area (Å²) >= 11 is 3.56. The zero-order chi connectivity index (χ0) is 18.6. The van der Waals surface area contributed by atoms with E-state index in [9.17, 15) is 0 Å². The largest absolute Gasteiger partial charge is 0.372 e. The molecule has 0 radical (unpaired) electrons. The Balaban J connectivity index is 0.00000150. The van der Waals surface area contributed by atoms with Crippen LogP contribution in [0.15, 0.2) is 82.5 Å². The quantitative estimate of drug-likeness (QED) is 0.430. The van der Waals surface area contributed by atoms with Crippen LogP contribution < -0.4 is 4.90 Å². The van der Waals surface area contributed by atoms with Gasteiger partial charge >= 0.3 is 0 Å². The molecule has 2 heterocycles. The van der Waals surface area contributed by atoms with Crippen molar-refractivity contribution in [1.82, 2.24) is 4.98 Å². The lowest BCUT2D eigenvalue weighted by Gasteiger charge is -2.18. The number of anilines is 1. The Morgan fingerprint density at radius 1 is 0.966 bits per heavy atom. The zero-order valence-electron chi connectivity index (χ0n) is 16.0. The molecule has 0 saturated heterocycles. The summed E-state index contributed by atoms with van der Waals surface area (Å²) < 4.78 is 1.07. The Labute approximate surface area is 192 Å². The number of allylic oxidation sites excluding steroid dienone is 1. The first-order valence-corrected chi connectivity index (χ1v) is 9.75. The standard InChI is InChI=1S/C23H20BrN3.2ClH/c1-27-14-13-26-22(21-7-2-3-8-23(21)27)10-9-18-16-25-12-11-20(18)17-5-4-6-19(24)15-17;;/h2-12,15-16H,13-14H2,1H3;2*1H/b10-9+;;. The molecular formula is C23H22BrCl2N3. The molecule has 0 atom stereocenters. The van der Waals surface area contributed by atoms with Crippen molar-refractivity contribution in [3.8, 4) is 11.1 Å². The fraction of sp³-hybridized carbons (Fsp3) is 0.130. The first-order valence-electron chi connectivity index (χ1n) is 8.95. The second-order valence-electron chi connectivity index (χ2n) is 6.51. The number of hydrogen-bond donors (Lipinski definition) is 0. The molecule has 2 aromatic carbocycles. The number of fused-ring (bicyclic) bond motifs is 1. The van der Waals surface area contributed by atoms with Gasteiger partial charge in [0.25, 0.3) is 0 Å². The van der Waals surface area contributed by atoms with Gasteiger partial charge in [0.1, 0.15) is 0 Å². The molecule has 3 aromatic rings. The zero-order valence-corrected chi connectivity index (χ0v) is 19.2. The molecule has 29 heavy (non-hydrogen) atoms. The van der Waals surface area contributed by atoms with E-state index in [1.54, 1.807) is 0 Å². The van der Waals surface area contributed by atoms with Gasteiger partial charge in [0.15, 0.2) is 0 Å². The first-order chi connectivity index (χ1) is 13.2. The summed E-state index contributed by atoms with van der Waals surface area (Å²) in [6, 6.07) is 18.8. The van der Waals surface area contributed by atoms with Crippen LogP contribution in [-0.4, -0.2) is 30.8 Å². The van der Waals surface area contributed by atoms with Crippen molar-refractivity contribution in [3.05, 3.63) is 88.7 Å². The molecule has 0 N–H and O–H groups in total. The number of halogens is 3. The van der Waals surface area contributed by atoms with E-state index in [0.717, 1.165) is 40.0 Å². The average molecular weight is 491 g/mol. The third-order valence-electron chi connectivity index (χ3n) is 4.72. The number of para-hydroxylation sites is 1. The molecule has 3 nitrogen and oxygen atoms in total. The maximum atomic E-state index is 4.81. The predicted molar refractivity (Wildman–Crippen MR) is 132 cm³/mol. The molecule has 0 fully saturated rings. The molecule has 1 aliphatic heterocycles. The molecule has 6 heteroatoms. The molecule has 0 amide bonds. The molecule has 150 valence electrons. The van der Waals surface area contributed by atoms with Crippen LogP contribution >= 0.6 is 40.7 Å². The molecular weight excluding hydrogens is 469 g/mol. The van der Waals surface area contributed by atoms with Crippen molar-refractivity contribution in [2.75, 3.05) is 25.0 Å². The topological polar surface area (TPSA) is 28.5 Å². The Hall–Kier alpha value is -2.14. The van der Waals surface area contributed by atoms with Gasteiger partial charge in [-0.15, -0.1) is 24.8 Å². The fourth-order valence-electron chi connectivity index (χ4n) is 3.32. The van der Waals surface area contributed by atoms with Crippen LogP contribution in [0.5, 0.6) is 0 Å². The number of benzene rings is 2. The maximum Gasteiger partial charge on any atom is 0.0668 e. The number of rotatable bonds is 3. The van der Waals surface area contributed by atoms with E-state index in [4.69, 9.17) is 4.99 Å². The van der Waals surface area contributed by atoms with E-state index in [-0.39, 0.29) is 24.8 Å². The molecule has 1 aromatic heterocycles. The van der Waals surface area contributed by atoms with Gasteiger partial charge in [-0.25, -0.2) is 0 Å². The number of aromatic nitrogens is 1. The Kier molecular flexibility index (Phi) is 8.45. The number of likely N-dealkylation sites (N-methyl/N-ethyl adjacent to an activating group) is 1. The van der Waals surface area contributed by atoms with Gasteiger partial charge in [-0.1, -0.05) is 52.3 Å². The molecule has 4 rings (SSSR count). The summed E-state index contributed by atoms with van der Waals surface area (Å²) in [7, 11) is 2.12. The van der Waals surface area contributed by atoms with Gasteiger partial charge in [0.05, 0.1) is 12.3 Å². The van der Waals surface area contributed by atoms with Crippen LogP contribution in [0.1, 0.15) is 11.1 Å². The molecule has 0 spiro atoms. The van der Waals surface area contributed by atoms with E-state index in [0.29, 0.717) is 0 Å². The maximum absolute atomic E-state index is 4.81. The summed E-state index contributed by atoms with van der Waals surface area (Å²) in [5.41, 5.74) is 6.79. The first kappa shape index (κ1) is 23.1. The van der Waals surface area contributed by atoms with Crippen molar-refractivity contribution >= 4 is 58.2 Å². The second-order valence-corrected chi connectivity index (χ2v) is 7.43. The van der Waals surface area contributed by atoms with Gasteiger partial charge in [0.2, 0.25) is 0 Å². The fourth-order valence-corrected chi connectivity index (χ4v) is 3.72. The number of aliphatic imine (C=N–C) groups is 1. The van der Waals surface area contributed by atoms with Crippen LogP contribution in [0.25, 0.3) is 17.2 Å². The molecule has 0 saturated carbocycles. The molecule has 0 bridgehead atoms. The lowest BCUT2D eigenvalue weighted by atomic mass is 10.0. The van der Waals surface area contributed by atoms with Crippen LogP contribution in [0, 0.1) is 0 Å². The van der Waals surface area contributed by atoms with Crippen molar-refractivity contribution in [1.29, 1.82) is 0 Å². The van der Waals surface area contributed by atoms with Gasteiger partial charge in [-0.2, -0.15) is 0 Å². The lowest BCUT2D eigenvalue weighted by Crippen LogP contribution is -2.20. The summed E-state index contributed by atoms with van der Waals surface area (Å²) in [6.45, 7) is 1.71. The Morgan fingerprint density at radius 3 is 2.62 bits per heavy atom. The number of benzodiazepines with no additional fused rings is 1. The normalized spacial score (nSPS) is 13.0. The second kappa shape index (κ2) is 10.6. The van der Waals surface area contributed by atoms with Gasteiger partial charge < -0.3 is 4.90 Å². The number of nitrogens with zero attached hydrogens (tertiary/aromatic N) is 3. The monoisotopic (exact) mass is 489 g/mol. The summed E-state index contributed by atoms with van der Waals surface area (Å²) in [5, 5.41) is 0. The summed E-state index contributed by atoms with van der Waals surface area (Å²) in [6.07, 6.45) is 7.96. The summed E-state index contributed by atoms with van der Waals surface area (Å²) in [5.74, 6) is 0. The van der Waals surface area contributed by atoms with Crippen LogP contribution in [0.2, 0.25) is 0 Å². The average Bonchev–Trinajstić information content (AvgIpc) is 2.86. The van der Waals surface area contributed by atoms with Gasteiger partial charge in [-0.05, 0) is 41.5 Å². The molecule has 0 aliphatic carbocycles. The van der Waals surface area contributed by atoms with E-state index in [2.05, 4.69) is 93.5 Å². The van der Waals surface area contributed by atoms with Crippen molar-refractivity contribution in [2.45, 2.75) is 0 Å². The van der Waals surface area contributed by atoms with Crippen LogP contribution in [-0.2, 0) is 0 Å². The Bertz CT molecular complexity index is 1030. The molecule has 1 aliphatic rings. The SMILES string of the molecule is CN1CCN=C(/C=C/c2cnccc2-c2cccc(Br)c2)c2ccccc21.Cl.Cl. The van der Waals surface area contributed by atoms with E-state index in [1.807, 2.05) is 18.5 Å². The lowest BCUT2D eigenvalue weighted by molar-refractivity contribution is 0.897. The highest BCUT2D eigenvalue weighted by atomic mass is 79.9. The van der Waals surface area contributed by atoms with Crippen molar-refractivity contribution in [3.63, 3.8) is 0 Å². The minimum atomic E-state index is 0. The van der Waals surface area contributed by atoms with Crippen LogP contribution in [0.4, 0.5) is 5.69 Å². The number of pyridine rings is 1. The summed E-state index contributed by atoms with van der Waals surface area (Å²) in [4.78, 5) is 11.4. The highest BCUT2D eigenvalue weighted by molar-refractivity contribution is 9.10. The van der Waals surface area contributed by atoms with E-state index < -0.39 is 0 Å². The third kappa shape index (κ3) is 5.27. The Morgan fingerprint density at radius 2 is 1.79 bits per heavy atom. The van der Waals surface area contributed by atoms with Gasteiger partial charge in [0, 0.05) is 47.3 Å². The highest BCUT2D eigenvalue weighted by Gasteiger charge is 2.14. The number of hydrogen-bond acceptors (Lipinski definition) is 3. The van der Waals surface area contributed by atoms with E-state index >= 15 is 0 Å². The predicted octanol–water partition coefficient (Wildman–Crippen LogP) is 6.31.